The molecule has 0 spiro atoms. The minimum absolute atomic E-state index is 0.0209. The lowest BCUT2D eigenvalue weighted by atomic mass is 10.1. The summed E-state index contributed by atoms with van der Waals surface area (Å²) in [6.45, 7) is 2.51. The first kappa shape index (κ1) is 22.6. The maximum atomic E-state index is 13.1. The van der Waals surface area contributed by atoms with E-state index in [1.54, 1.807) is 18.2 Å². The molecule has 0 N–H and O–H groups in total. The first-order valence-electron chi connectivity index (χ1n) is 10.2. The van der Waals surface area contributed by atoms with E-state index in [9.17, 15) is 22.8 Å². The molecule has 2 aliphatic rings. The predicted molar refractivity (Wildman–Crippen MR) is 119 cm³/mol. The number of halogens is 1. The van der Waals surface area contributed by atoms with Crippen LogP contribution in [0.1, 0.15) is 23.7 Å². The van der Waals surface area contributed by atoms with Gasteiger partial charge in [0.15, 0.2) is 5.78 Å². The summed E-state index contributed by atoms with van der Waals surface area (Å²) in [7, 11) is -3.66. The molecule has 8 nitrogen and oxygen atoms in total. The second-order valence-corrected chi connectivity index (χ2v) is 10.2. The molecule has 168 valence electrons. The van der Waals surface area contributed by atoms with Crippen LogP contribution in [0.3, 0.4) is 0 Å². The van der Waals surface area contributed by atoms with Gasteiger partial charge < -0.3 is 0 Å². The number of Topliss-reactive ketones (excluding diaryl/α,β-unsaturated/α-hetero) is 1. The van der Waals surface area contributed by atoms with Crippen LogP contribution in [0.15, 0.2) is 53.4 Å². The third kappa shape index (κ3) is 4.21. The van der Waals surface area contributed by atoms with Crippen molar-refractivity contribution in [3.05, 3.63) is 59.1 Å². The van der Waals surface area contributed by atoms with Crippen molar-refractivity contribution in [1.29, 1.82) is 0 Å². The van der Waals surface area contributed by atoms with Crippen molar-refractivity contribution in [1.82, 2.24) is 9.21 Å². The molecule has 2 heterocycles. The van der Waals surface area contributed by atoms with Crippen LogP contribution in [-0.4, -0.2) is 67.4 Å². The lowest BCUT2D eigenvalue weighted by Crippen LogP contribution is -2.53. The van der Waals surface area contributed by atoms with Gasteiger partial charge in [0, 0.05) is 36.8 Å². The molecule has 1 atom stereocenters. The number of carbonyl (C=O) groups excluding carboxylic acids is 3. The lowest BCUT2D eigenvalue weighted by Gasteiger charge is -2.36. The zero-order valence-corrected chi connectivity index (χ0v) is 19.0. The number of rotatable bonds is 5. The maximum Gasteiger partial charge on any atom is 0.251 e. The summed E-state index contributed by atoms with van der Waals surface area (Å²) in [4.78, 5) is 40.5. The number of anilines is 1. The first-order chi connectivity index (χ1) is 15.2. The van der Waals surface area contributed by atoms with E-state index < -0.39 is 16.1 Å². The van der Waals surface area contributed by atoms with E-state index in [-0.39, 0.29) is 42.0 Å². The molecular weight excluding hydrogens is 454 g/mol. The van der Waals surface area contributed by atoms with Crippen LogP contribution in [0.5, 0.6) is 0 Å². The Bertz CT molecular complexity index is 1170. The number of hydrogen-bond donors (Lipinski definition) is 0. The highest BCUT2D eigenvalue weighted by atomic mass is 35.5. The van der Waals surface area contributed by atoms with Crippen LogP contribution in [-0.2, 0) is 19.6 Å². The molecule has 0 saturated carbocycles. The van der Waals surface area contributed by atoms with E-state index >= 15 is 0 Å². The number of hydrogen-bond acceptors (Lipinski definition) is 6. The number of amides is 2. The summed E-state index contributed by atoms with van der Waals surface area (Å²) in [5, 5.41) is 0.455. The van der Waals surface area contributed by atoms with Gasteiger partial charge in [-0.05, 0) is 43.3 Å². The van der Waals surface area contributed by atoms with Gasteiger partial charge >= 0.3 is 0 Å². The highest BCUT2D eigenvalue weighted by Crippen LogP contribution is 2.28. The van der Waals surface area contributed by atoms with Crippen molar-refractivity contribution >= 4 is 44.9 Å². The quantitative estimate of drug-likeness (QED) is 0.486. The number of sulfonamides is 1. The molecule has 0 bridgehead atoms. The second kappa shape index (κ2) is 8.74. The third-order valence-corrected chi connectivity index (χ3v) is 7.96. The molecule has 2 fully saturated rings. The number of carbonyl (C=O) groups is 3. The summed E-state index contributed by atoms with van der Waals surface area (Å²) in [6.07, 6.45) is 0.0209. The zero-order chi connectivity index (χ0) is 23.0. The van der Waals surface area contributed by atoms with Crippen molar-refractivity contribution in [2.45, 2.75) is 24.3 Å². The molecule has 2 saturated heterocycles. The minimum atomic E-state index is -3.66. The van der Waals surface area contributed by atoms with E-state index in [0.29, 0.717) is 29.4 Å². The zero-order valence-electron chi connectivity index (χ0n) is 17.4. The molecule has 2 aromatic rings. The van der Waals surface area contributed by atoms with Gasteiger partial charge in [-0.25, -0.2) is 13.3 Å². The SMILES string of the molecule is CC(=O)c1cccc(N2C(=O)C[C@@H](N3CCN(S(=O)(=O)c4ccc(Cl)cc4)CC3)C2=O)c1. The van der Waals surface area contributed by atoms with Crippen molar-refractivity contribution in [3.8, 4) is 0 Å². The van der Waals surface area contributed by atoms with E-state index in [1.165, 1.54) is 41.6 Å². The fraction of sp³-hybridized carbons (Fsp3) is 0.318. The highest BCUT2D eigenvalue weighted by molar-refractivity contribution is 7.89. The molecule has 32 heavy (non-hydrogen) atoms. The summed E-state index contributed by atoms with van der Waals surface area (Å²) >= 11 is 5.85. The number of piperazine rings is 1. The van der Waals surface area contributed by atoms with Crippen LogP contribution >= 0.6 is 11.6 Å². The van der Waals surface area contributed by atoms with Crippen LogP contribution in [0.2, 0.25) is 5.02 Å². The summed E-state index contributed by atoms with van der Waals surface area (Å²) in [5.74, 6) is -0.845. The third-order valence-electron chi connectivity index (χ3n) is 5.80. The predicted octanol–water partition coefficient (Wildman–Crippen LogP) is 2.18. The van der Waals surface area contributed by atoms with Gasteiger partial charge in [0.2, 0.25) is 15.9 Å². The fourth-order valence-corrected chi connectivity index (χ4v) is 5.60. The van der Waals surface area contributed by atoms with E-state index in [4.69, 9.17) is 11.6 Å². The highest BCUT2D eigenvalue weighted by Gasteiger charge is 2.44. The first-order valence-corrected chi connectivity index (χ1v) is 12.0. The van der Waals surface area contributed by atoms with Crippen molar-refractivity contribution in [3.63, 3.8) is 0 Å². The van der Waals surface area contributed by atoms with Crippen LogP contribution in [0.25, 0.3) is 0 Å². The second-order valence-electron chi connectivity index (χ2n) is 7.79. The van der Waals surface area contributed by atoms with E-state index in [1.807, 2.05) is 4.90 Å². The van der Waals surface area contributed by atoms with Gasteiger partial charge in [-0.3, -0.25) is 19.3 Å². The number of imide groups is 1. The van der Waals surface area contributed by atoms with Crippen LogP contribution in [0, 0.1) is 0 Å². The van der Waals surface area contributed by atoms with Crippen molar-refractivity contribution in [2.75, 3.05) is 31.1 Å². The Morgan fingerprint density at radius 1 is 1.00 bits per heavy atom. The molecule has 2 amide bonds. The molecule has 0 aliphatic carbocycles. The van der Waals surface area contributed by atoms with Crippen LogP contribution in [0.4, 0.5) is 5.69 Å². The van der Waals surface area contributed by atoms with E-state index in [2.05, 4.69) is 0 Å². The van der Waals surface area contributed by atoms with Gasteiger partial charge in [0.25, 0.3) is 5.91 Å². The minimum Gasteiger partial charge on any atom is -0.295 e. The Kier molecular flexibility index (Phi) is 6.17. The molecule has 0 radical (unpaired) electrons. The van der Waals surface area contributed by atoms with Gasteiger partial charge in [0.05, 0.1) is 23.0 Å². The molecule has 4 rings (SSSR count). The monoisotopic (exact) mass is 475 g/mol. The Morgan fingerprint density at radius 3 is 2.28 bits per heavy atom. The van der Waals surface area contributed by atoms with Gasteiger partial charge in [-0.2, -0.15) is 4.31 Å². The fourth-order valence-electron chi connectivity index (χ4n) is 4.05. The average molecular weight is 476 g/mol. The Hall–Kier alpha value is -2.59. The molecule has 2 aromatic carbocycles. The summed E-state index contributed by atoms with van der Waals surface area (Å²) in [5.41, 5.74) is 0.798. The largest absolute Gasteiger partial charge is 0.295 e. The Morgan fingerprint density at radius 2 is 1.66 bits per heavy atom. The normalized spacial score (nSPS) is 20.7. The van der Waals surface area contributed by atoms with Gasteiger partial charge in [-0.15, -0.1) is 0 Å². The number of ketones is 1. The number of nitrogens with zero attached hydrogens (tertiary/aromatic N) is 3. The molecule has 2 aliphatic heterocycles. The van der Waals surface area contributed by atoms with Gasteiger partial charge in [-0.1, -0.05) is 23.7 Å². The topological polar surface area (TPSA) is 95.1 Å². The molecule has 0 aromatic heterocycles. The summed E-state index contributed by atoms with van der Waals surface area (Å²) in [6, 6.07) is 11.8. The molecule has 10 heteroatoms. The molecule has 0 unspecified atom stereocenters. The maximum absolute atomic E-state index is 13.1. The van der Waals surface area contributed by atoms with Crippen molar-refractivity contribution < 1.29 is 22.8 Å². The van der Waals surface area contributed by atoms with Crippen molar-refractivity contribution in [2.24, 2.45) is 0 Å². The van der Waals surface area contributed by atoms with E-state index in [0.717, 1.165) is 4.90 Å². The standard InChI is InChI=1S/C22H22ClN3O5S/c1-15(27)16-3-2-4-18(13-16)26-21(28)14-20(22(26)29)24-9-11-25(12-10-24)32(30,31)19-7-5-17(23)6-8-19/h2-8,13,20H,9-12,14H2,1H3/t20-/m1/s1. The van der Waals surface area contributed by atoms with Gasteiger partial charge in [0.1, 0.15) is 0 Å². The number of benzene rings is 2. The average Bonchev–Trinajstić information content (AvgIpc) is 3.08. The molecular formula is C22H22ClN3O5S. The Balaban J connectivity index is 1.46. The van der Waals surface area contributed by atoms with Crippen LogP contribution < -0.4 is 4.90 Å². The Labute approximate surface area is 191 Å². The summed E-state index contributed by atoms with van der Waals surface area (Å²) < 4.78 is 27.1. The lowest BCUT2D eigenvalue weighted by molar-refractivity contribution is -0.123. The smallest absolute Gasteiger partial charge is 0.251 e.